The third kappa shape index (κ3) is 22.7. The van der Waals surface area contributed by atoms with Crippen molar-refractivity contribution in [1.82, 2.24) is 60.4 Å². The number of alkyl halides is 6. The summed E-state index contributed by atoms with van der Waals surface area (Å²) in [6.07, 6.45) is 2.86. The molecule has 0 amide bonds. The Kier molecular flexibility index (Phi) is 28.1. The second-order valence-corrected chi connectivity index (χ2v) is 39.1. The first-order valence-corrected chi connectivity index (χ1v) is 49.2. The van der Waals surface area contributed by atoms with E-state index >= 15 is 0 Å². The van der Waals surface area contributed by atoms with Crippen molar-refractivity contribution in [2.75, 3.05) is 14.1 Å². The van der Waals surface area contributed by atoms with Crippen LogP contribution in [0.15, 0.2) is 366 Å². The lowest BCUT2D eigenvalue weighted by atomic mass is 9.84. The Morgan fingerprint density at radius 3 is 1.28 bits per heavy atom. The number of nitrogens with two attached hydrogens (primary N) is 2. The maximum absolute atomic E-state index is 13.8. The molecule has 6 N–H and O–H groups in total. The number of aryl methyl sites for hydroxylation is 2. The summed E-state index contributed by atoms with van der Waals surface area (Å²) in [6, 6.07) is 93.6. The highest BCUT2D eigenvalue weighted by molar-refractivity contribution is 7.89. The van der Waals surface area contributed by atoms with E-state index in [1.165, 1.54) is 124 Å². The number of oxazole rings is 1. The summed E-state index contributed by atoms with van der Waals surface area (Å²) in [5.74, 6) is 3.91. The molecule has 0 bridgehead atoms. The molecule has 0 atom stereocenters. The molecule has 1 aliphatic rings. The first kappa shape index (κ1) is 95.6. The summed E-state index contributed by atoms with van der Waals surface area (Å²) in [5, 5.41) is 28.5. The van der Waals surface area contributed by atoms with Crippen LogP contribution >= 0.6 is 22.7 Å². The van der Waals surface area contributed by atoms with Crippen molar-refractivity contribution in [2.24, 2.45) is 10.3 Å². The van der Waals surface area contributed by atoms with Crippen molar-refractivity contribution in [1.29, 1.82) is 0 Å². The van der Waals surface area contributed by atoms with Crippen LogP contribution in [0, 0.1) is 13.8 Å². The average molecular weight is 1970 g/mol. The molecular formula is C108H86F6N14O9S4. The van der Waals surface area contributed by atoms with Gasteiger partial charge < -0.3 is 37.4 Å². The van der Waals surface area contributed by atoms with E-state index in [-0.39, 0.29) is 49.7 Å². The molecule has 9 heterocycles. The number of benzene rings is 12. The summed E-state index contributed by atoms with van der Waals surface area (Å²) < 4.78 is 155. The lowest BCUT2D eigenvalue weighted by Gasteiger charge is -2.21. The van der Waals surface area contributed by atoms with E-state index in [2.05, 4.69) is 153 Å². The van der Waals surface area contributed by atoms with Gasteiger partial charge in [0.25, 0.3) is 23.6 Å². The zero-order chi connectivity index (χ0) is 98.1. The largest absolute Gasteiger partial charge is 0.444 e. The normalized spacial score (nSPS) is 12.4. The third-order valence-electron chi connectivity index (χ3n) is 23.5. The molecule has 9 aromatic heterocycles. The fraction of sp³-hybridized carbons (Fsp3) is 0.120. The van der Waals surface area contributed by atoms with Crippen molar-refractivity contribution >= 4 is 64.5 Å². The SMILES string of the molecule is CN(C)Cc1ccc(-c2noc(-c3ccc(-c4ccccc4)c(C(F)(F)F)c3)n2)cc1.Cc1sc(-c2nc(-c3ccc4[nH]ccc4c3)no2)cc1-c1ccccc1.Cc1sc(-c2nc(-c3cccc4[nH]ccc34)no2)cc1-c1ccccc1.NS(=O)(=O)c1ccc(-c2coc(-c3ccc(C4CCCCC4)cc3)n2)cc1.NS(=O)(=O)c1ccc(-c2noc(-c3ccc(-c4ccccc4)c(C(F)(F)F)c3)n2)cc1. The second-order valence-electron chi connectivity index (χ2n) is 33.4. The number of thiophene rings is 2. The molecule has 1 saturated carbocycles. The maximum Gasteiger partial charge on any atom is 0.417 e. The number of nitrogens with one attached hydrogen (secondary N) is 2. The second kappa shape index (κ2) is 41.5. The molecule has 708 valence electrons. The number of fused-ring (bicyclic) bond motifs is 2. The van der Waals surface area contributed by atoms with Gasteiger partial charge in [0.1, 0.15) is 12.0 Å². The van der Waals surface area contributed by atoms with Crippen LogP contribution in [0.25, 0.3) is 179 Å². The Balaban J connectivity index is 0.000000117. The van der Waals surface area contributed by atoms with Gasteiger partial charge in [-0.2, -0.15) is 46.3 Å². The lowest BCUT2D eigenvalue weighted by molar-refractivity contribution is -0.137. The molecule has 0 unspecified atom stereocenters. The fourth-order valence-electron chi connectivity index (χ4n) is 16.4. The van der Waals surface area contributed by atoms with Crippen LogP contribution in [0.1, 0.15) is 70.0 Å². The minimum absolute atomic E-state index is 0.0372. The molecule has 0 radical (unpaired) electrons. The van der Waals surface area contributed by atoms with Gasteiger partial charge in [-0.15, -0.1) is 22.7 Å². The Labute approximate surface area is 813 Å². The third-order valence-corrected chi connectivity index (χ3v) is 27.4. The predicted molar refractivity (Wildman–Crippen MR) is 535 cm³/mol. The van der Waals surface area contributed by atoms with E-state index in [1.807, 2.05) is 117 Å². The van der Waals surface area contributed by atoms with Gasteiger partial charge in [-0.1, -0.05) is 234 Å². The molecule has 33 heteroatoms. The number of aromatic amines is 2. The van der Waals surface area contributed by atoms with E-state index in [0.717, 1.165) is 83.6 Å². The van der Waals surface area contributed by atoms with E-state index < -0.39 is 43.5 Å². The molecule has 0 saturated heterocycles. The summed E-state index contributed by atoms with van der Waals surface area (Å²) in [6.45, 7) is 5.04. The maximum atomic E-state index is 13.8. The first-order valence-electron chi connectivity index (χ1n) is 44.4. The molecular weight excluding hydrogens is 1880 g/mol. The van der Waals surface area contributed by atoms with Crippen LogP contribution in [0.3, 0.4) is 0 Å². The highest BCUT2D eigenvalue weighted by Crippen LogP contribution is 2.45. The van der Waals surface area contributed by atoms with Crippen LogP contribution in [-0.4, -0.2) is 91.3 Å². The van der Waals surface area contributed by atoms with Crippen LogP contribution in [0.4, 0.5) is 26.3 Å². The zero-order valence-electron chi connectivity index (χ0n) is 75.8. The minimum atomic E-state index is -4.59. The van der Waals surface area contributed by atoms with Gasteiger partial charge in [-0.3, -0.25) is 0 Å². The molecule has 0 aliphatic heterocycles. The smallest absolute Gasteiger partial charge is 0.417 e. The average Bonchev–Trinajstić information content (AvgIpc) is 1.11. The molecule has 0 spiro atoms. The Morgan fingerprint density at radius 1 is 0.376 bits per heavy atom. The van der Waals surface area contributed by atoms with Crippen LogP contribution < -0.4 is 10.3 Å². The highest BCUT2D eigenvalue weighted by atomic mass is 32.2. The lowest BCUT2D eigenvalue weighted by Crippen LogP contribution is -2.11. The van der Waals surface area contributed by atoms with E-state index in [1.54, 1.807) is 108 Å². The minimum Gasteiger partial charge on any atom is -0.444 e. The van der Waals surface area contributed by atoms with Gasteiger partial charge in [0, 0.05) is 95.0 Å². The standard InChI is InChI=1S/C24H20F3N3O.C21H14F3N3O3S.2C21H15N3OS.C21H22N2O3S/c1-30(2)15-16-8-10-18(11-9-16)22-28-23(31-29-22)19-12-13-20(17-6-4-3-5-7-17)21(14-19)24(25,26)27;22-21(23,24)18-12-15(8-11-17(18)13-4-2-1-3-5-13)20-26-19(27-30-20)14-6-9-16(10-7-14)31(25,28)29;1-13-17(14-6-3-2-4-7-14)12-19(26-13)21-23-20(24-25-21)16-8-5-9-18-15(16)10-11-22-18;1-13-17(14-5-3-2-4-6-14)12-19(26-13)21-23-20(24-25-21)16-7-8-18-15(11-16)9-10-22-18;22-27(24,25)19-12-10-17(11-13-19)20-14-26-21(23-20)18-8-6-16(7-9-18)15-4-2-1-3-5-15/h3-14H,15H2,1-2H3;1-12H,(H2,25,28,29);2*2-12,22H,1H3;6-15H,1-5H2,(H2,22,24,25). The monoisotopic (exact) mass is 1960 g/mol. The number of rotatable bonds is 19. The van der Waals surface area contributed by atoms with Gasteiger partial charge in [-0.05, 0) is 224 Å². The van der Waals surface area contributed by atoms with Crippen molar-refractivity contribution in [3.63, 3.8) is 0 Å². The molecule has 141 heavy (non-hydrogen) atoms. The van der Waals surface area contributed by atoms with Crippen LogP contribution in [-0.2, 0) is 38.9 Å². The molecule has 22 rings (SSSR count). The fourth-order valence-corrected chi connectivity index (χ4v) is 19.4. The molecule has 21 aromatic rings. The molecule has 12 aromatic carbocycles. The van der Waals surface area contributed by atoms with Crippen molar-refractivity contribution in [3.05, 3.63) is 366 Å². The summed E-state index contributed by atoms with van der Waals surface area (Å²) >= 11 is 3.35. The summed E-state index contributed by atoms with van der Waals surface area (Å²) in [5.41, 5.74) is 14.7. The van der Waals surface area contributed by atoms with E-state index in [0.29, 0.717) is 63.4 Å². The van der Waals surface area contributed by atoms with Gasteiger partial charge in [-0.25, -0.2) is 32.1 Å². The number of halogens is 6. The Hall–Kier alpha value is -15.8. The van der Waals surface area contributed by atoms with E-state index in [4.69, 9.17) is 32.8 Å². The molecule has 1 fully saturated rings. The number of aromatic nitrogens is 11. The van der Waals surface area contributed by atoms with Crippen LogP contribution in [0.2, 0.25) is 0 Å². The predicted octanol–water partition coefficient (Wildman–Crippen LogP) is 27.4. The number of nitrogens with zero attached hydrogens (tertiary/aromatic N) is 10. The number of sulfonamides is 2. The summed E-state index contributed by atoms with van der Waals surface area (Å²) in [4.78, 5) is 35.1. The highest BCUT2D eigenvalue weighted by Gasteiger charge is 2.37. The molecule has 23 nitrogen and oxygen atoms in total. The van der Waals surface area contributed by atoms with Crippen molar-refractivity contribution in [2.45, 2.75) is 80.6 Å². The summed E-state index contributed by atoms with van der Waals surface area (Å²) in [7, 11) is -3.59. The Bertz CT molecular complexity index is 8140. The van der Waals surface area contributed by atoms with E-state index in [9.17, 15) is 43.2 Å². The number of primary sulfonamides is 2. The first-order chi connectivity index (χ1) is 68.0. The van der Waals surface area contributed by atoms with Crippen LogP contribution in [0.5, 0.6) is 0 Å². The van der Waals surface area contributed by atoms with Gasteiger partial charge in [0.2, 0.25) is 49.2 Å². The number of H-pyrrole nitrogens is 2. The van der Waals surface area contributed by atoms with Crippen molar-refractivity contribution < 1.29 is 65.7 Å². The number of hydrogen-bond acceptors (Lipinski definition) is 21. The van der Waals surface area contributed by atoms with Gasteiger partial charge in [0.15, 0.2) is 0 Å². The van der Waals surface area contributed by atoms with Crippen molar-refractivity contribution in [3.8, 4) is 157 Å². The topological polar surface area (TPSA) is 337 Å². The van der Waals surface area contributed by atoms with Gasteiger partial charge in [0.05, 0.1) is 30.7 Å². The quantitative estimate of drug-likeness (QED) is 0.0546. The number of hydrogen-bond donors (Lipinski definition) is 4. The zero-order valence-corrected chi connectivity index (χ0v) is 79.0. The van der Waals surface area contributed by atoms with Gasteiger partial charge >= 0.3 is 12.4 Å². The molecule has 1 aliphatic carbocycles. The Morgan fingerprint density at radius 2 is 0.794 bits per heavy atom.